The van der Waals surface area contributed by atoms with Crippen LogP contribution in [0.5, 0.6) is 5.75 Å². The summed E-state index contributed by atoms with van der Waals surface area (Å²) in [5, 5.41) is 2.86. The van der Waals surface area contributed by atoms with Gasteiger partial charge in [0, 0.05) is 13.1 Å². The number of benzene rings is 2. The summed E-state index contributed by atoms with van der Waals surface area (Å²) in [5.41, 5.74) is 4.31. The molecule has 0 aromatic heterocycles. The molecule has 1 aliphatic rings. The van der Waals surface area contributed by atoms with Crippen molar-refractivity contribution in [1.82, 2.24) is 4.90 Å². The Hall–Kier alpha value is -3.02. The van der Waals surface area contributed by atoms with Gasteiger partial charge in [0.05, 0.1) is 5.69 Å². The topological polar surface area (TPSA) is 67.9 Å². The van der Waals surface area contributed by atoms with Crippen molar-refractivity contribution in [1.29, 1.82) is 0 Å². The highest BCUT2D eigenvalue weighted by atomic mass is 16.6. The first kappa shape index (κ1) is 21.7. The lowest BCUT2D eigenvalue weighted by Gasteiger charge is -2.29. The number of fused-ring (bicyclic) bond motifs is 1. The van der Waals surface area contributed by atoms with Gasteiger partial charge in [-0.1, -0.05) is 24.3 Å². The average Bonchev–Trinajstić information content (AvgIpc) is 2.64. The minimum atomic E-state index is -0.592. The van der Waals surface area contributed by atoms with Gasteiger partial charge >= 0.3 is 6.09 Å². The molecule has 6 heteroatoms. The van der Waals surface area contributed by atoms with Crippen molar-refractivity contribution in [2.24, 2.45) is 0 Å². The Kier molecular flexibility index (Phi) is 6.06. The van der Waals surface area contributed by atoms with Crippen LogP contribution in [0.25, 0.3) is 0 Å². The molecule has 1 atom stereocenters. The number of nitrogens with one attached hydrogen (secondary N) is 1. The zero-order valence-electron chi connectivity index (χ0n) is 18.5. The Balaban J connectivity index is 1.87. The maximum atomic E-state index is 13.0. The summed E-state index contributed by atoms with van der Waals surface area (Å²) in [5.74, 6) is 0.447. The Labute approximate surface area is 178 Å². The van der Waals surface area contributed by atoms with E-state index < -0.39 is 11.7 Å². The third-order valence-electron chi connectivity index (χ3n) is 5.08. The number of ether oxygens (including phenoxy) is 2. The summed E-state index contributed by atoms with van der Waals surface area (Å²) in [6.45, 7) is 12.2. The van der Waals surface area contributed by atoms with E-state index in [1.807, 2.05) is 51.1 Å². The minimum Gasteiger partial charge on any atom is -0.479 e. The third kappa shape index (κ3) is 5.12. The molecule has 2 aromatic rings. The van der Waals surface area contributed by atoms with Gasteiger partial charge in [-0.05, 0) is 75.9 Å². The fraction of sp³-hybridized carbons (Fsp3) is 0.417. The molecule has 3 rings (SSSR count). The van der Waals surface area contributed by atoms with Crippen molar-refractivity contribution < 1.29 is 19.1 Å². The molecule has 0 aliphatic carbocycles. The molecule has 0 spiro atoms. The first-order chi connectivity index (χ1) is 14.0. The number of hydrogen-bond acceptors (Lipinski definition) is 4. The number of anilines is 1. The zero-order valence-corrected chi connectivity index (χ0v) is 18.5. The standard InChI is InChI=1S/C24H30N2O4/c1-15-8-7-9-19(16(15)2)14-26(23(28)30-24(4,5)6)13-18-10-11-21-20(12-18)25-22(27)17(3)29-21/h7-12,17H,13-14H2,1-6H3,(H,25,27). The quantitative estimate of drug-likeness (QED) is 0.774. The Morgan fingerprint density at radius 1 is 1.17 bits per heavy atom. The van der Waals surface area contributed by atoms with Gasteiger partial charge in [-0.25, -0.2) is 4.79 Å². The monoisotopic (exact) mass is 410 g/mol. The van der Waals surface area contributed by atoms with Crippen molar-refractivity contribution in [3.05, 3.63) is 58.7 Å². The van der Waals surface area contributed by atoms with Crippen molar-refractivity contribution in [2.75, 3.05) is 5.32 Å². The first-order valence-corrected chi connectivity index (χ1v) is 10.2. The molecule has 30 heavy (non-hydrogen) atoms. The summed E-state index contributed by atoms with van der Waals surface area (Å²) in [4.78, 5) is 26.6. The fourth-order valence-corrected chi connectivity index (χ4v) is 3.27. The number of nitrogens with zero attached hydrogens (tertiary/aromatic N) is 1. The lowest BCUT2D eigenvalue weighted by molar-refractivity contribution is -0.122. The van der Waals surface area contributed by atoms with Crippen molar-refractivity contribution in [3.8, 4) is 5.75 Å². The molecule has 0 radical (unpaired) electrons. The third-order valence-corrected chi connectivity index (χ3v) is 5.08. The molecule has 160 valence electrons. The van der Waals surface area contributed by atoms with Gasteiger partial charge in [0.1, 0.15) is 11.4 Å². The molecule has 1 N–H and O–H groups in total. The lowest BCUT2D eigenvalue weighted by atomic mass is 10.0. The van der Waals surface area contributed by atoms with Crippen molar-refractivity contribution >= 4 is 17.7 Å². The number of rotatable bonds is 4. The number of carbonyl (C=O) groups excluding carboxylic acids is 2. The van der Waals surface area contributed by atoms with E-state index in [2.05, 4.69) is 25.2 Å². The molecule has 0 bridgehead atoms. The SMILES string of the molecule is Cc1cccc(CN(Cc2ccc3c(c2)NC(=O)C(C)O3)C(=O)OC(C)(C)C)c1C. The normalized spacial score (nSPS) is 15.7. The molecular formula is C24H30N2O4. The summed E-state index contributed by atoms with van der Waals surface area (Å²) in [6, 6.07) is 11.7. The molecule has 6 nitrogen and oxygen atoms in total. The van der Waals surface area contributed by atoms with E-state index in [4.69, 9.17) is 9.47 Å². The molecule has 1 heterocycles. The summed E-state index contributed by atoms with van der Waals surface area (Å²) >= 11 is 0. The van der Waals surface area contributed by atoms with Gasteiger partial charge in [-0.15, -0.1) is 0 Å². The predicted molar refractivity (Wildman–Crippen MR) is 117 cm³/mol. The van der Waals surface area contributed by atoms with Gasteiger partial charge in [-0.3, -0.25) is 9.69 Å². The van der Waals surface area contributed by atoms with Gasteiger partial charge < -0.3 is 14.8 Å². The highest BCUT2D eigenvalue weighted by Crippen LogP contribution is 2.31. The second-order valence-corrected chi connectivity index (χ2v) is 8.78. The second-order valence-electron chi connectivity index (χ2n) is 8.78. The van der Waals surface area contributed by atoms with Crippen molar-refractivity contribution in [3.63, 3.8) is 0 Å². The van der Waals surface area contributed by atoms with E-state index in [-0.39, 0.29) is 12.0 Å². The van der Waals surface area contributed by atoms with Crippen LogP contribution in [0.3, 0.4) is 0 Å². The smallest absolute Gasteiger partial charge is 0.410 e. The second kappa shape index (κ2) is 8.38. The maximum Gasteiger partial charge on any atom is 0.410 e. The zero-order chi connectivity index (χ0) is 22.1. The lowest BCUT2D eigenvalue weighted by Crippen LogP contribution is -2.36. The maximum absolute atomic E-state index is 13.0. The predicted octanol–water partition coefficient (Wildman–Crippen LogP) is 4.96. The van der Waals surface area contributed by atoms with Crippen LogP contribution >= 0.6 is 0 Å². The van der Waals surface area contributed by atoms with Crippen LogP contribution in [0, 0.1) is 13.8 Å². The van der Waals surface area contributed by atoms with E-state index in [0.717, 1.165) is 16.7 Å². The van der Waals surface area contributed by atoms with Crippen LogP contribution in [0.15, 0.2) is 36.4 Å². The largest absolute Gasteiger partial charge is 0.479 e. The van der Waals surface area contributed by atoms with E-state index >= 15 is 0 Å². The van der Waals surface area contributed by atoms with Crippen LogP contribution in [0.1, 0.15) is 49.9 Å². The minimum absolute atomic E-state index is 0.181. The van der Waals surface area contributed by atoms with Crippen molar-refractivity contribution in [2.45, 2.75) is 66.3 Å². The molecule has 2 amide bonds. The van der Waals surface area contributed by atoms with E-state index in [9.17, 15) is 9.59 Å². The molecule has 0 fully saturated rings. The average molecular weight is 411 g/mol. The highest BCUT2D eigenvalue weighted by molar-refractivity contribution is 5.97. The van der Waals surface area contributed by atoms with Crippen LogP contribution in [0.2, 0.25) is 0 Å². The molecular weight excluding hydrogens is 380 g/mol. The van der Waals surface area contributed by atoms with Gasteiger partial charge in [0.15, 0.2) is 6.10 Å². The first-order valence-electron chi connectivity index (χ1n) is 10.2. The summed E-state index contributed by atoms with van der Waals surface area (Å²) < 4.78 is 11.3. The van der Waals surface area contributed by atoms with Crippen LogP contribution in [-0.2, 0) is 22.6 Å². The van der Waals surface area contributed by atoms with E-state index in [1.165, 1.54) is 5.56 Å². The molecule has 0 saturated heterocycles. The summed E-state index contributed by atoms with van der Waals surface area (Å²) in [7, 11) is 0. The highest BCUT2D eigenvalue weighted by Gasteiger charge is 2.26. The Morgan fingerprint density at radius 2 is 1.90 bits per heavy atom. The van der Waals surface area contributed by atoms with Gasteiger partial charge in [0.25, 0.3) is 5.91 Å². The molecule has 0 saturated carbocycles. The van der Waals surface area contributed by atoms with Crippen LogP contribution < -0.4 is 10.1 Å². The molecule has 1 unspecified atom stereocenters. The van der Waals surface area contributed by atoms with Gasteiger partial charge in [0.2, 0.25) is 0 Å². The molecule has 2 aromatic carbocycles. The number of hydrogen-bond donors (Lipinski definition) is 1. The number of aryl methyl sites for hydroxylation is 1. The van der Waals surface area contributed by atoms with Gasteiger partial charge in [-0.2, -0.15) is 0 Å². The Morgan fingerprint density at radius 3 is 2.60 bits per heavy atom. The molecule has 1 aliphatic heterocycles. The number of amides is 2. The van der Waals surface area contributed by atoms with E-state index in [0.29, 0.717) is 24.5 Å². The number of carbonyl (C=O) groups is 2. The van der Waals surface area contributed by atoms with E-state index in [1.54, 1.807) is 11.8 Å². The fourth-order valence-electron chi connectivity index (χ4n) is 3.27. The van der Waals surface area contributed by atoms with Crippen LogP contribution in [-0.4, -0.2) is 28.6 Å². The van der Waals surface area contributed by atoms with Crippen LogP contribution in [0.4, 0.5) is 10.5 Å². The summed E-state index contributed by atoms with van der Waals surface area (Å²) in [6.07, 6.45) is -0.902. The Bertz CT molecular complexity index is 962.